The Kier molecular flexibility index (Phi) is 9.72. The Morgan fingerprint density at radius 3 is 2.20 bits per heavy atom. The summed E-state index contributed by atoms with van der Waals surface area (Å²) in [5, 5.41) is 6.89. The molecular weight excluding hydrogens is 378 g/mol. The number of methoxy groups -OCH3 is 2. The van der Waals surface area contributed by atoms with Crippen molar-refractivity contribution in [2.75, 3.05) is 54.0 Å². The summed E-state index contributed by atoms with van der Waals surface area (Å²) in [6.07, 6.45) is 1.03. The Bertz CT molecular complexity index is 682. The molecule has 2 rings (SSSR count). The van der Waals surface area contributed by atoms with Gasteiger partial charge in [-0.25, -0.2) is 0 Å². The predicted molar refractivity (Wildman–Crippen MR) is 125 cm³/mol. The third kappa shape index (κ3) is 6.77. The molecule has 0 amide bonds. The molecule has 1 heterocycles. The fourth-order valence-electron chi connectivity index (χ4n) is 4.10. The van der Waals surface area contributed by atoms with Gasteiger partial charge in [-0.05, 0) is 57.4 Å². The highest BCUT2D eigenvalue weighted by atomic mass is 16.5. The van der Waals surface area contributed by atoms with Crippen molar-refractivity contribution in [2.45, 2.75) is 52.7 Å². The van der Waals surface area contributed by atoms with Crippen LogP contribution >= 0.6 is 0 Å². The zero-order valence-corrected chi connectivity index (χ0v) is 19.9. The second-order valence-electron chi connectivity index (χ2n) is 8.35. The van der Waals surface area contributed by atoms with Crippen molar-refractivity contribution >= 4 is 5.96 Å². The van der Waals surface area contributed by atoms with Gasteiger partial charge in [0.15, 0.2) is 17.5 Å². The van der Waals surface area contributed by atoms with E-state index in [1.165, 1.54) is 11.1 Å². The van der Waals surface area contributed by atoms with Crippen LogP contribution in [0.2, 0.25) is 0 Å². The van der Waals surface area contributed by atoms with E-state index < -0.39 is 0 Å². The number of guanidine groups is 1. The molecule has 30 heavy (non-hydrogen) atoms. The highest BCUT2D eigenvalue weighted by molar-refractivity contribution is 5.79. The van der Waals surface area contributed by atoms with Crippen molar-refractivity contribution < 1.29 is 9.47 Å². The van der Waals surface area contributed by atoms with Gasteiger partial charge in [-0.1, -0.05) is 0 Å². The highest BCUT2D eigenvalue weighted by Crippen LogP contribution is 2.33. The first-order chi connectivity index (χ1) is 14.4. The summed E-state index contributed by atoms with van der Waals surface area (Å²) < 4.78 is 10.9. The van der Waals surface area contributed by atoms with Crippen LogP contribution in [0.3, 0.4) is 0 Å². The lowest BCUT2D eigenvalue weighted by atomic mass is 9.99. The van der Waals surface area contributed by atoms with Gasteiger partial charge in [0, 0.05) is 58.4 Å². The lowest BCUT2D eigenvalue weighted by Gasteiger charge is -2.31. The Hall–Kier alpha value is -1.99. The van der Waals surface area contributed by atoms with Crippen LogP contribution < -0.4 is 20.1 Å². The lowest BCUT2D eigenvalue weighted by Crippen LogP contribution is -2.46. The van der Waals surface area contributed by atoms with Crippen LogP contribution in [0.25, 0.3) is 0 Å². The number of ether oxygens (including phenoxy) is 2. The van der Waals surface area contributed by atoms with E-state index in [1.807, 2.05) is 7.05 Å². The van der Waals surface area contributed by atoms with Crippen LogP contribution in [0.15, 0.2) is 17.1 Å². The van der Waals surface area contributed by atoms with Crippen molar-refractivity contribution in [3.8, 4) is 11.5 Å². The predicted octanol–water partition coefficient (Wildman–Crippen LogP) is 2.35. The normalized spacial score (nSPS) is 14.9. The van der Waals surface area contributed by atoms with E-state index in [0.717, 1.165) is 63.1 Å². The van der Waals surface area contributed by atoms with Crippen molar-refractivity contribution in [3.63, 3.8) is 0 Å². The molecule has 0 aliphatic carbocycles. The molecule has 1 aliphatic rings. The molecule has 0 radical (unpaired) electrons. The smallest absolute Gasteiger partial charge is 0.191 e. The molecule has 0 spiro atoms. The summed E-state index contributed by atoms with van der Waals surface area (Å²) in [6.45, 7) is 14.7. The number of hydrogen-bond acceptors (Lipinski definition) is 5. The summed E-state index contributed by atoms with van der Waals surface area (Å²) >= 11 is 0. The van der Waals surface area contributed by atoms with Gasteiger partial charge in [0.25, 0.3) is 0 Å². The molecule has 2 N–H and O–H groups in total. The first-order valence-electron chi connectivity index (χ1n) is 11.1. The maximum Gasteiger partial charge on any atom is 0.191 e. The molecule has 170 valence electrons. The Morgan fingerprint density at radius 1 is 1.03 bits per heavy atom. The van der Waals surface area contributed by atoms with Gasteiger partial charge in [-0.15, -0.1) is 0 Å². The van der Waals surface area contributed by atoms with Crippen molar-refractivity contribution in [1.82, 2.24) is 20.4 Å². The largest absolute Gasteiger partial charge is 0.493 e. The third-order valence-electron chi connectivity index (χ3n) is 5.73. The number of nitrogens with one attached hydrogen (secondary N) is 2. The van der Waals surface area contributed by atoms with Gasteiger partial charge in [0.05, 0.1) is 14.2 Å². The first kappa shape index (κ1) is 24.3. The molecular formula is C23H41N5O2. The molecule has 0 aromatic heterocycles. The fraction of sp³-hybridized carbons (Fsp3) is 0.696. The molecule has 0 bridgehead atoms. The van der Waals surface area contributed by atoms with E-state index in [0.29, 0.717) is 12.1 Å². The van der Waals surface area contributed by atoms with Gasteiger partial charge < -0.3 is 20.1 Å². The van der Waals surface area contributed by atoms with Gasteiger partial charge in [0.1, 0.15) is 0 Å². The van der Waals surface area contributed by atoms with Gasteiger partial charge >= 0.3 is 0 Å². The molecule has 0 saturated carbocycles. The molecule has 7 heteroatoms. The summed E-state index contributed by atoms with van der Waals surface area (Å²) in [5.74, 6) is 2.48. The van der Waals surface area contributed by atoms with E-state index in [2.05, 4.69) is 65.3 Å². The fourth-order valence-corrected chi connectivity index (χ4v) is 4.10. The van der Waals surface area contributed by atoms with Gasteiger partial charge in [-0.2, -0.15) is 0 Å². The number of nitrogens with zero attached hydrogens (tertiary/aromatic N) is 3. The van der Waals surface area contributed by atoms with E-state index in [9.17, 15) is 0 Å². The number of hydrogen-bond donors (Lipinski definition) is 2. The van der Waals surface area contributed by atoms with Gasteiger partial charge in [0.2, 0.25) is 0 Å². The summed E-state index contributed by atoms with van der Waals surface area (Å²) in [5.41, 5.74) is 2.68. The monoisotopic (exact) mass is 419 g/mol. The van der Waals surface area contributed by atoms with Crippen LogP contribution in [0.1, 0.15) is 38.8 Å². The van der Waals surface area contributed by atoms with Gasteiger partial charge in [-0.3, -0.25) is 14.8 Å². The molecule has 1 aromatic rings. The topological polar surface area (TPSA) is 61.4 Å². The quantitative estimate of drug-likeness (QED) is 0.448. The van der Waals surface area contributed by atoms with Crippen molar-refractivity contribution in [2.24, 2.45) is 4.99 Å². The molecule has 0 unspecified atom stereocenters. The number of rotatable bonds is 10. The third-order valence-corrected chi connectivity index (χ3v) is 5.73. The van der Waals surface area contributed by atoms with Crippen molar-refractivity contribution in [1.29, 1.82) is 0 Å². The zero-order valence-electron chi connectivity index (χ0n) is 19.9. The van der Waals surface area contributed by atoms with Crippen molar-refractivity contribution in [3.05, 3.63) is 23.3 Å². The molecule has 0 saturated heterocycles. The maximum atomic E-state index is 5.47. The zero-order chi connectivity index (χ0) is 22.1. The lowest BCUT2D eigenvalue weighted by molar-refractivity contribution is 0.178. The number of fused-ring (bicyclic) bond motifs is 1. The molecule has 0 fully saturated rings. The highest BCUT2D eigenvalue weighted by Gasteiger charge is 2.19. The minimum atomic E-state index is 0.544. The van der Waals surface area contributed by atoms with E-state index in [1.54, 1.807) is 14.2 Å². The number of aliphatic imine (C=N–C) groups is 1. The second kappa shape index (κ2) is 12.0. The van der Waals surface area contributed by atoms with E-state index in [4.69, 9.17) is 9.47 Å². The summed E-state index contributed by atoms with van der Waals surface area (Å²) in [7, 11) is 5.21. The maximum absolute atomic E-state index is 5.47. The average molecular weight is 420 g/mol. The summed E-state index contributed by atoms with van der Waals surface area (Å²) in [4.78, 5) is 9.31. The summed E-state index contributed by atoms with van der Waals surface area (Å²) in [6, 6.07) is 5.32. The van der Waals surface area contributed by atoms with E-state index >= 15 is 0 Å². The standard InChI is InChI=1S/C23H41N5O2/c1-17(2)28(18(3)4)13-10-26-23(24-5)25-9-12-27-11-8-19-14-21(29-6)22(30-7)15-20(19)16-27/h14-15,17-18H,8-13,16H2,1-7H3,(H2,24,25,26). The van der Waals surface area contributed by atoms with Crippen LogP contribution in [0, 0.1) is 0 Å². The van der Waals surface area contributed by atoms with Crippen LogP contribution in [-0.4, -0.2) is 81.8 Å². The van der Waals surface area contributed by atoms with Crippen LogP contribution in [-0.2, 0) is 13.0 Å². The molecule has 0 atom stereocenters. The Morgan fingerprint density at radius 2 is 1.63 bits per heavy atom. The minimum Gasteiger partial charge on any atom is -0.493 e. The molecule has 7 nitrogen and oxygen atoms in total. The second-order valence-corrected chi connectivity index (χ2v) is 8.35. The SMILES string of the molecule is CN=C(NCCN1CCc2cc(OC)c(OC)cc2C1)NCCN(C(C)C)C(C)C. The Balaban J connectivity index is 1.78. The molecule has 1 aromatic carbocycles. The number of benzene rings is 1. The first-order valence-corrected chi connectivity index (χ1v) is 11.1. The van der Waals surface area contributed by atoms with Crippen LogP contribution in [0.5, 0.6) is 11.5 Å². The van der Waals surface area contributed by atoms with Crippen LogP contribution in [0.4, 0.5) is 0 Å². The Labute approximate surface area is 182 Å². The minimum absolute atomic E-state index is 0.544. The average Bonchev–Trinajstić information content (AvgIpc) is 2.73. The van der Waals surface area contributed by atoms with E-state index in [-0.39, 0.29) is 0 Å². The molecule has 1 aliphatic heterocycles.